The maximum Gasteiger partial charge on any atom is 0.0868 e. The first-order valence-electron chi connectivity index (χ1n) is 6.61. The number of nitrogens with zero attached hydrogens (tertiary/aromatic N) is 3. The number of aryl methyl sites for hydroxylation is 2. The van der Waals surface area contributed by atoms with Crippen molar-refractivity contribution in [2.45, 2.75) is 39.3 Å². The van der Waals surface area contributed by atoms with Crippen molar-refractivity contribution in [2.75, 3.05) is 0 Å². The van der Waals surface area contributed by atoms with E-state index in [-0.39, 0.29) is 6.04 Å². The molecule has 2 rings (SSSR count). The highest BCUT2D eigenvalue weighted by atomic mass is 35.5. The fraction of sp³-hybridized carbons (Fsp3) is 0.500. The summed E-state index contributed by atoms with van der Waals surface area (Å²) >= 11 is 6.35. The van der Waals surface area contributed by atoms with E-state index < -0.39 is 0 Å². The Hall–Kier alpha value is -1.26. The molecule has 0 fully saturated rings. The minimum Gasteiger partial charge on any atom is -0.348 e. The number of hydrogen-bond donors (Lipinski definition) is 1. The third-order valence-electron chi connectivity index (χ3n) is 3.20. The highest BCUT2D eigenvalue weighted by Gasteiger charge is 2.13. The first-order valence-corrected chi connectivity index (χ1v) is 6.99. The van der Waals surface area contributed by atoms with E-state index in [0.29, 0.717) is 0 Å². The normalized spacial score (nSPS) is 12.9. The van der Waals surface area contributed by atoms with Crippen LogP contribution < -0.4 is 5.73 Å². The predicted molar refractivity (Wildman–Crippen MR) is 78.5 cm³/mol. The molecule has 4 nitrogen and oxygen atoms in total. The Morgan fingerprint density at radius 1 is 1.47 bits per heavy atom. The molecule has 0 amide bonds. The predicted octanol–water partition coefficient (Wildman–Crippen LogP) is 2.38. The summed E-state index contributed by atoms with van der Waals surface area (Å²) in [6.45, 7) is 4.82. The lowest BCUT2D eigenvalue weighted by Gasteiger charge is -2.05. The Labute approximate surface area is 119 Å². The van der Waals surface area contributed by atoms with Crippen molar-refractivity contribution >= 4 is 11.6 Å². The highest BCUT2D eigenvalue weighted by molar-refractivity contribution is 6.31. The van der Waals surface area contributed by atoms with Crippen LogP contribution in [0, 0.1) is 0 Å². The van der Waals surface area contributed by atoms with E-state index in [1.807, 2.05) is 18.7 Å². The highest BCUT2D eigenvalue weighted by Crippen LogP contribution is 2.22. The van der Waals surface area contributed by atoms with Crippen LogP contribution in [0.4, 0.5) is 0 Å². The minimum absolute atomic E-state index is 0.183. The number of rotatable bonds is 5. The lowest BCUT2D eigenvalue weighted by molar-refractivity contribution is 0.660. The molecule has 0 radical (unpaired) electrons. The van der Waals surface area contributed by atoms with Gasteiger partial charge >= 0.3 is 0 Å². The van der Waals surface area contributed by atoms with Gasteiger partial charge in [0.05, 0.1) is 23.0 Å². The molecule has 2 aromatic heterocycles. The molecule has 1 unspecified atom stereocenters. The second-order valence-electron chi connectivity index (χ2n) is 5.06. The topological polar surface area (TPSA) is 48.8 Å². The molecule has 2 N–H and O–H groups in total. The summed E-state index contributed by atoms with van der Waals surface area (Å²) in [6, 6.07) is 2.29. The van der Waals surface area contributed by atoms with Gasteiger partial charge in [-0.3, -0.25) is 4.68 Å². The monoisotopic (exact) mass is 280 g/mol. The van der Waals surface area contributed by atoms with E-state index in [0.717, 1.165) is 35.8 Å². The summed E-state index contributed by atoms with van der Waals surface area (Å²) < 4.78 is 3.99. The average Bonchev–Trinajstić information content (AvgIpc) is 2.88. The molecule has 1 atom stereocenters. The first-order chi connectivity index (χ1) is 9.01. The Morgan fingerprint density at radius 3 is 2.79 bits per heavy atom. The lowest BCUT2D eigenvalue weighted by atomic mass is 10.1. The van der Waals surface area contributed by atoms with Gasteiger partial charge in [0.2, 0.25) is 0 Å². The summed E-state index contributed by atoms with van der Waals surface area (Å²) in [5, 5.41) is 5.22. The van der Waals surface area contributed by atoms with Crippen molar-refractivity contribution in [3.05, 3.63) is 40.4 Å². The van der Waals surface area contributed by atoms with Crippen LogP contribution in [0.3, 0.4) is 0 Å². The largest absolute Gasteiger partial charge is 0.348 e. The van der Waals surface area contributed by atoms with Crippen molar-refractivity contribution in [2.24, 2.45) is 12.8 Å². The van der Waals surface area contributed by atoms with Gasteiger partial charge in [0, 0.05) is 25.5 Å². The first kappa shape index (κ1) is 14.2. The molecule has 0 saturated heterocycles. The third kappa shape index (κ3) is 3.19. The van der Waals surface area contributed by atoms with Crippen LogP contribution >= 0.6 is 11.6 Å². The number of hydrogen-bond acceptors (Lipinski definition) is 2. The van der Waals surface area contributed by atoms with Crippen molar-refractivity contribution < 1.29 is 0 Å². The van der Waals surface area contributed by atoms with Crippen LogP contribution in [0.5, 0.6) is 0 Å². The molecule has 2 heterocycles. The average molecular weight is 281 g/mol. The van der Waals surface area contributed by atoms with Gasteiger partial charge in [0.15, 0.2) is 0 Å². The fourth-order valence-electron chi connectivity index (χ4n) is 2.25. The lowest BCUT2D eigenvalue weighted by Crippen LogP contribution is -2.17. The molecule has 0 aliphatic heterocycles. The fourth-order valence-corrected chi connectivity index (χ4v) is 2.60. The van der Waals surface area contributed by atoms with Gasteiger partial charge in [-0.1, -0.05) is 18.5 Å². The summed E-state index contributed by atoms with van der Waals surface area (Å²) in [5.74, 6) is 0. The molecule has 0 aliphatic carbocycles. The Balaban J connectivity index is 2.17. The molecular weight excluding hydrogens is 260 g/mol. The van der Waals surface area contributed by atoms with Gasteiger partial charge in [0.1, 0.15) is 0 Å². The standard InChI is InChI=1S/C14H21ClN4/c1-4-12-14(15)13(18(3)17-12)9-19-6-5-11(8-19)7-10(2)16/h5-6,8,10H,4,7,9,16H2,1-3H3. The Morgan fingerprint density at radius 2 is 2.21 bits per heavy atom. The maximum absolute atomic E-state index is 6.35. The zero-order valence-electron chi connectivity index (χ0n) is 11.7. The van der Waals surface area contributed by atoms with E-state index in [1.165, 1.54) is 5.56 Å². The Kier molecular flexibility index (Phi) is 4.32. The zero-order chi connectivity index (χ0) is 14.0. The summed E-state index contributed by atoms with van der Waals surface area (Å²) in [6.07, 6.45) is 5.94. The number of halogens is 1. The third-order valence-corrected chi connectivity index (χ3v) is 3.64. The van der Waals surface area contributed by atoms with Gasteiger partial charge in [-0.15, -0.1) is 0 Å². The van der Waals surface area contributed by atoms with E-state index in [1.54, 1.807) is 0 Å². The van der Waals surface area contributed by atoms with Gasteiger partial charge in [-0.25, -0.2) is 0 Å². The van der Waals surface area contributed by atoms with Crippen LogP contribution in [0.15, 0.2) is 18.5 Å². The van der Waals surface area contributed by atoms with Gasteiger partial charge in [-0.05, 0) is 31.4 Å². The number of aromatic nitrogens is 3. The smallest absolute Gasteiger partial charge is 0.0868 e. The SMILES string of the molecule is CCc1nn(C)c(Cn2ccc(CC(C)N)c2)c1Cl. The Bertz CT molecular complexity index is 554. The molecule has 0 aromatic carbocycles. The minimum atomic E-state index is 0.183. The van der Waals surface area contributed by atoms with Gasteiger partial charge in [-0.2, -0.15) is 5.10 Å². The van der Waals surface area contributed by atoms with Crippen LogP contribution in [-0.4, -0.2) is 20.4 Å². The zero-order valence-corrected chi connectivity index (χ0v) is 12.5. The van der Waals surface area contributed by atoms with Crippen molar-refractivity contribution in [3.63, 3.8) is 0 Å². The molecule has 0 bridgehead atoms. The second-order valence-corrected chi connectivity index (χ2v) is 5.44. The van der Waals surface area contributed by atoms with E-state index in [9.17, 15) is 0 Å². The number of nitrogens with two attached hydrogens (primary N) is 1. The van der Waals surface area contributed by atoms with E-state index in [4.69, 9.17) is 17.3 Å². The van der Waals surface area contributed by atoms with Crippen LogP contribution in [0.1, 0.15) is 30.8 Å². The molecule has 2 aromatic rings. The maximum atomic E-state index is 6.35. The van der Waals surface area contributed by atoms with Crippen LogP contribution in [0.2, 0.25) is 5.02 Å². The van der Waals surface area contributed by atoms with E-state index >= 15 is 0 Å². The summed E-state index contributed by atoms with van der Waals surface area (Å²) in [7, 11) is 1.94. The van der Waals surface area contributed by atoms with Gasteiger partial charge < -0.3 is 10.3 Å². The molecule has 19 heavy (non-hydrogen) atoms. The summed E-state index contributed by atoms with van der Waals surface area (Å²) in [5.41, 5.74) is 9.07. The molecule has 104 valence electrons. The summed E-state index contributed by atoms with van der Waals surface area (Å²) in [4.78, 5) is 0. The van der Waals surface area contributed by atoms with Crippen LogP contribution in [-0.2, 0) is 26.4 Å². The molecule has 0 spiro atoms. The molecule has 5 heteroatoms. The molecule has 0 saturated carbocycles. The quantitative estimate of drug-likeness (QED) is 0.914. The van der Waals surface area contributed by atoms with Gasteiger partial charge in [0.25, 0.3) is 0 Å². The van der Waals surface area contributed by atoms with Crippen LogP contribution in [0.25, 0.3) is 0 Å². The molecule has 0 aliphatic rings. The molecular formula is C14H21ClN4. The van der Waals surface area contributed by atoms with Crippen molar-refractivity contribution in [1.29, 1.82) is 0 Å². The van der Waals surface area contributed by atoms with E-state index in [2.05, 4.69) is 35.0 Å². The van der Waals surface area contributed by atoms with Crippen molar-refractivity contribution in [1.82, 2.24) is 14.3 Å². The van der Waals surface area contributed by atoms with Crippen molar-refractivity contribution in [3.8, 4) is 0 Å². The second kappa shape index (κ2) is 5.80.